The van der Waals surface area contributed by atoms with Crippen molar-refractivity contribution in [1.29, 1.82) is 0 Å². The molecule has 1 aromatic heterocycles. The molecular formula is C14H24BrNS. The van der Waals surface area contributed by atoms with Crippen molar-refractivity contribution in [1.82, 2.24) is 5.32 Å². The van der Waals surface area contributed by atoms with E-state index < -0.39 is 0 Å². The van der Waals surface area contributed by atoms with Gasteiger partial charge in [-0.1, -0.05) is 27.7 Å². The molecule has 0 amide bonds. The van der Waals surface area contributed by atoms with Gasteiger partial charge in [0.1, 0.15) is 0 Å². The molecule has 0 saturated heterocycles. The summed E-state index contributed by atoms with van der Waals surface area (Å²) in [5.74, 6) is 1.53. The first-order chi connectivity index (χ1) is 7.97. The van der Waals surface area contributed by atoms with Crippen LogP contribution in [0.1, 0.15) is 45.4 Å². The van der Waals surface area contributed by atoms with E-state index in [0.717, 1.165) is 18.4 Å². The SMILES string of the molecule is CC(C)CC(CC(C)C)NCc1cc(Br)cs1. The Hall–Kier alpha value is 0.140. The van der Waals surface area contributed by atoms with Crippen LogP contribution >= 0.6 is 27.3 Å². The van der Waals surface area contributed by atoms with Crippen LogP contribution in [0.4, 0.5) is 0 Å². The predicted molar refractivity (Wildman–Crippen MR) is 81.6 cm³/mol. The maximum absolute atomic E-state index is 3.70. The minimum Gasteiger partial charge on any atom is -0.309 e. The van der Waals surface area contributed by atoms with Crippen molar-refractivity contribution in [2.75, 3.05) is 0 Å². The molecule has 98 valence electrons. The number of nitrogens with one attached hydrogen (secondary N) is 1. The molecule has 1 N–H and O–H groups in total. The predicted octanol–water partition coefficient (Wildman–Crippen LogP) is 5.06. The van der Waals surface area contributed by atoms with Gasteiger partial charge in [0.05, 0.1) is 0 Å². The van der Waals surface area contributed by atoms with Gasteiger partial charge >= 0.3 is 0 Å². The number of rotatable bonds is 7. The summed E-state index contributed by atoms with van der Waals surface area (Å²) in [4.78, 5) is 1.41. The van der Waals surface area contributed by atoms with Crippen molar-refractivity contribution < 1.29 is 0 Å². The van der Waals surface area contributed by atoms with Gasteiger partial charge in [0.15, 0.2) is 0 Å². The molecule has 0 aliphatic carbocycles. The zero-order chi connectivity index (χ0) is 12.8. The highest BCUT2D eigenvalue weighted by Crippen LogP contribution is 2.20. The Bertz CT molecular complexity index is 310. The molecular weight excluding hydrogens is 294 g/mol. The first-order valence-electron chi connectivity index (χ1n) is 6.43. The van der Waals surface area contributed by atoms with Crippen LogP contribution in [-0.2, 0) is 6.54 Å². The third kappa shape index (κ3) is 6.58. The molecule has 1 nitrogen and oxygen atoms in total. The molecule has 0 bridgehead atoms. The van der Waals surface area contributed by atoms with Gasteiger partial charge < -0.3 is 5.32 Å². The molecule has 0 aliphatic rings. The summed E-state index contributed by atoms with van der Waals surface area (Å²) in [6.45, 7) is 10.2. The molecule has 0 spiro atoms. The van der Waals surface area contributed by atoms with Gasteiger partial charge in [-0.15, -0.1) is 11.3 Å². The Morgan fingerprint density at radius 2 is 1.76 bits per heavy atom. The normalized spacial score (nSPS) is 12.0. The molecule has 0 radical (unpaired) electrons. The van der Waals surface area contributed by atoms with Crippen LogP contribution in [0.2, 0.25) is 0 Å². The third-order valence-corrected chi connectivity index (χ3v) is 4.40. The standard InChI is InChI=1S/C14H24BrNS/c1-10(2)5-13(6-11(3)4)16-8-14-7-12(15)9-17-14/h7,9-11,13,16H,5-6,8H2,1-4H3. The fraction of sp³-hybridized carbons (Fsp3) is 0.714. The van der Waals surface area contributed by atoms with E-state index in [0.29, 0.717) is 6.04 Å². The van der Waals surface area contributed by atoms with Crippen LogP contribution in [0.5, 0.6) is 0 Å². The topological polar surface area (TPSA) is 12.0 Å². The molecule has 0 aromatic carbocycles. The van der Waals surface area contributed by atoms with Crippen LogP contribution in [0.15, 0.2) is 15.9 Å². The van der Waals surface area contributed by atoms with Gasteiger partial charge in [-0.25, -0.2) is 0 Å². The minimum atomic E-state index is 0.649. The van der Waals surface area contributed by atoms with Gasteiger partial charge in [-0.3, -0.25) is 0 Å². The second-order valence-electron chi connectivity index (χ2n) is 5.57. The minimum absolute atomic E-state index is 0.649. The molecule has 0 fully saturated rings. The summed E-state index contributed by atoms with van der Waals surface area (Å²) in [5.41, 5.74) is 0. The van der Waals surface area contributed by atoms with Crippen molar-refractivity contribution in [3.63, 3.8) is 0 Å². The van der Waals surface area contributed by atoms with Crippen molar-refractivity contribution in [2.24, 2.45) is 11.8 Å². The fourth-order valence-electron chi connectivity index (χ4n) is 2.09. The first-order valence-corrected chi connectivity index (χ1v) is 8.11. The summed E-state index contributed by atoms with van der Waals surface area (Å²) in [5, 5.41) is 5.85. The number of thiophene rings is 1. The molecule has 0 aliphatic heterocycles. The Morgan fingerprint density at radius 3 is 2.18 bits per heavy atom. The fourth-order valence-corrected chi connectivity index (χ4v) is 3.49. The molecule has 0 atom stereocenters. The van der Waals surface area contributed by atoms with E-state index in [-0.39, 0.29) is 0 Å². The van der Waals surface area contributed by atoms with Gasteiger partial charge in [0.2, 0.25) is 0 Å². The second kappa shape index (κ2) is 7.55. The monoisotopic (exact) mass is 317 g/mol. The largest absolute Gasteiger partial charge is 0.309 e. The first kappa shape index (κ1) is 15.2. The van der Waals surface area contributed by atoms with Crippen molar-refractivity contribution in [3.8, 4) is 0 Å². The number of hydrogen-bond donors (Lipinski definition) is 1. The molecule has 0 saturated carbocycles. The maximum atomic E-state index is 3.70. The lowest BCUT2D eigenvalue weighted by Gasteiger charge is -2.22. The van der Waals surface area contributed by atoms with E-state index in [1.165, 1.54) is 22.2 Å². The Morgan fingerprint density at radius 1 is 1.18 bits per heavy atom. The van der Waals surface area contributed by atoms with E-state index >= 15 is 0 Å². The summed E-state index contributed by atoms with van der Waals surface area (Å²) in [6.07, 6.45) is 2.54. The van der Waals surface area contributed by atoms with Crippen molar-refractivity contribution in [2.45, 2.75) is 53.1 Å². The Balaban J connectivity index is 2.42. The average Bonchev–Trinajstić information content (AvgIpc) is 2.59. The molecule has 1 rings (SSSR count). The summed E-state index contributed by atoms with van der Waals surface area (Å²) >= 11 is 5.32. The van der Waals surface area contributed by atoms with Crippen molar-refractivity contribution in [3.05, 3.63) is 20.8 Å². The lowest BCUT2D eigenvalue weighted by Crippen LogP contribution is -2.31. The van der Waals surface area contributed by atoms with E-state index in [2.05, 4.69) is 60.4 Å². The maximum Gasteiger partial charge on any atom is 0.0302 e. The zero-order valence-electron chi connectivity index (χ0n) is 11.3. The molecule has 3 heteroatoms. The van der Waals surface area contributed by atoms with Gasteiger partial charge in [-0.05, 0) is 46.7 Å². The van der Waals surface area contributed by atoms with Crippen LogP contribution in [-0.4, -0.2) is 6.04 Å². The number of hydrogen-bond acceptors (Lipinski definition) is 2. The lowest BCUT2D eigenvalue weighted by molar-refractivity contribution is 0.359. The molecule has 1 heterocycles. The number of halogens is 1. The zero-order valence-corrected chi connectivity index (χ0v) is 13.7. The van der Waals surface area contributed by atoms with E-state index in [1.807, 2.05) is 11.3 Å². The van der Waals surface area contributed by atoms with E-state index in [9.17, 15) is 0 Å². The molecule has 17 heavy (non-hydrogen) atoms. The molecule has 0 unspecified atom stereocenters. The summed E-state index contributed by atoms with van der Waals surface area (Å²) < 4.78 is 1.20. The second-order valence-corrected chi connectivity index (χ2v) is 7.48. The highest BCUT2D eigenvalue weighted by molar-refractivity contribution is 9.10. The van der Waals surface area contributed by atoms with Crippen molar-refractivity contribution >= 4 is 27.3 Å². The Labute approximate surface area is 118 Å². The lowest BCUT2D eigenvalue weighted by atomic mass is 9.95. The average molecular weight is 318 g/mol. The Kier molecular flexibility index (Phi) is 6.75. The van der Waals surface area contributed by atoms with Crippen LogP contribution in [0.3, 0.4) is 0 Å². The van der Waals surface area contributed by atoms with Gasteiger partial charge in [-0.2, -0.15) is 0 Å². The quantitative estimate of drug-likeness (QED) is 0.741. The summed E-state index contributed by atoms with van der Waals surface area (Å²) in [6, 6.07) is 2.86. The van der Waals surface area contributed by atoms with Gasteiger partial charge in [0.25, 0.3) is 0 Å². The van der Waals surface area contributed by atoms with E-state index in [1.54, 1.807) is 0 Å². The highest BCUT2D eigenvalue weighted by atomic mass is 79.9. The van der Waals surface area contributed by atoms with Crippen LogP contribution in [0, 0.1) is 11.8 Å². The smallest absolute Gasteiger partial charge is 0.0302 e. The summed E-state index contributed by atoms with van der Waals surface area (Å²) in [7, 11) is 0. The van der Waals surface area contributed by atoms with Crippen LogP contribution < -0.4 is 5.32 Å². The van der Waals surface area contributed by atoms with E-state index in [4.69, 9.17) is 0 Å². The third-order valence-electron chi connectivity index (χ3n) is 2.70. The molecule has 1 aromatic rings. The van der Waals surface area contributed by atoms with Crippen LogP contribution in [0.25, 0.3) is 0 Å². The van der Waals surface area contributed by atoms with Gasteiger partial charge in [0, 0.05) is 27.3 Å². The highest BCUT2D eigenvalue weighted by Gasteiger charge is 2.12.